The predicted octanol–water partition coefficient (Wildman–Crippen LogP) is 5.05. The van der Waals surface area contributed by atoms with Crippen LogP contribution in [0.5, 0.6) is 17.2 Å². The van der Waals surface area contributed by atoms with E-state index in [1.54, 1.807) is 46.3 Å². The molecule has 4 aromatic rings. The van der Waals surface area contributed by atoms with E-state index in [9.17, 15) is 9.59 Å². The molecule has 42 heavy (non-hydrogen) atoms. The zero-order valence-electron chi connectivity index (χ0n) is 23.5. The standard InChI is InChI=1S/C32H29ClN2O6S/c1-5-40-31(37)28-19(2)34-32-35(29(28)23-8-6-7-9-24(23)38-3)30(36)27(42-32)17-21-12-15-25(26(16-21)39-4)41-18-20-10-13-22(33)14-11-20/h6-17,29H,5,18H2,1-4H3/b27-17+/t29-/m1/s1. The highest BCUT2D eigenvalue weighted by atomic mass is 35.5. The molecular formula is C32H29ClN2O6S. The highest BCUT2D eigenvalue weighted by molar-refractivity contribution is 7.07. The smallest absolute Gasteiger partial charge is 0.338 e. The number of benzene rings is 3. The Balaban J connectivity index is 1.56. The van der Waals surface area contributed by atoms with Gasteiger partial charge in [-0.15, -0.1) is 0 Å². The molecule has 0 spiro atoms. The first-order chi connectivity index (χ1) is 20.3. The Morgan fingerprint density at radius 2 is 1.76 bits per heavy atom. The van der Waals surface area contributed by atoms with Crippen LogP contribution in [-0.2, 0) is 16.1 Å². The number of para-hydroxylation sites is 1. The van der Waals surface area contributed by atoms with Crippen LogP contribution in [0, 0.1) is 0 Å². The molecule has 0 bridgehead atoms. The molecule has 216 valence electrons. The Morgan fingerprint density at radius 3 is 2.48 bits per heavy atom. The van der Waals surface area contributed by atoms with Crippen LogP contribution in [-0.4, -0.2) is 31.4 Å². The van der Waals surface area contributed by atoms with E-state index in [1.807, 2.05) is 54.6 Å². The van der Waals surface area contributed by atoms with Gasteiger partial charge < -0.3 is 18.9 Å². The van der Waals surface area contributed by atoms with Gasteiger partial charge in [0.2, 0.25) is 0 Å². The summed E-state index contributed by atoms with van der Waals surface area (Å²) in [6.07, 6.45) is 1.78. The molecule has 1 aromatic heterocycles. The molecule has 2 heterocycles. The molecule has 10 heteroatoms. The number of allylic oxidation sites excluding steroid dienone is 1. The van der Waals surface area contributed by atoms with Crippen LogP contribution in [0.4, 0.5) is 0 Å². The number of esters is 1. The molecule has 0 amide bonds. The quantitative estimate of drug-likeness (QED) is 0.249. The van der Waals surface area contributed by atoms with Crippen LogP contribution < -0.4 is 29.1 Å². The van der Waals surface area contributed by atoms with Gasteiger partial charge in [-0.1, -0.05) is 59.3 Å². The fourth-order valence-electron chi connectivity index (χ4n) is 4.76. The average Bonchev–Trinajstić information content (AvgIpc) is 3.30. The predicted molar refractivity (Wildman–Crippen MR) is 162 cm³/mol. The fourth-order valence-corrected chi connectivity index (χ4v) is 5.94. The number of fused-ring (bicyclic) bond motifs is 1. The number of carbonyl (C=O) groups is 1. The largest absolute Gasteiger partial charge is 0.496 e. The lowest BCUT2D eigenvalue weighted by Crippen LogP contribution is -2.40. The number of ether oxygens (including phenoxy) is 4. The van der Waals surface area contributed by atoms with Gasteiger partial charge in [-0.25, -0.2) is 9.79 Å². The lowest BCUT2D eigenvalue weighted by molar-refractivity contribution is -0.139. The molecule has 0 fully saturated rings. The molecule has 3 aromatic carbocycles. The van der Waals surface area contributed by atoms with Crippen molar-refractivity contribution in [2.75, 3.05) is 20.8 Å². The van der Waals surface area contributed by atoms with Crippen LogP contribution in [0.2, 0.25) is 5.02 Å². The molecule has 1 aliphatic rings. The van der Waals surface area contributed by atoms with Gasteiger partial charge in [0, 0.05) is 10.6 Å². The number of rotatable bonds is 9. The molecule has 0 saturated heterocycles. The summed E-state index contributed by atoms with van der Waals surface area (Å²) in [5.41, 5.74) is 2.87. The summed E-state index contributed by atoms with van der Waals surface area (Å²) in [6, 6.07) is 19.4. The number of aromatic nitrogens is 1. The van der Waals surface area contributed by atoms with Crippen molar-refractivity contribution >= 4 is 35.0 Å². The van der Waals surface area contributed by atoms with E-state index in [1.165, 1.54) is 15.9 Å². The van der Waals surface area contributed by atoms with Gasteiger partial charge in [-0.3, -0.25) is 9.36 Å². The van der Waals surface area contributed by atoms with Crippen LogP contribution in [0.15, 0.2) is 87.8 Å². The molecule has 1 aliphatic heterocycles. The number of hydrogen-bond acceptors (Lipinski definition) is 8. The third-order valence-corrected chi connectivity index (χ3v) is 7.98. The SMILES string of the molecule is CCOC(=O)C1=C(C)N=c2s/c(=C/c3ccc(OCc4ccc(Cl)cc4)c(OC)c3)c(=O)n2[C@@H]1c1ccccc1OC. The van der Waals surface area contributed by atoms with Gasteiger partial charge in [0.1, 0.15) is 18.4 Å². The van der Waals surface area contributed by atoms with Crippen molar-refractivity contribution in [3.8, 4) is 17.2 Å². The number of hydrogen-bond donors (Lipinski definition) is 0. The molecular weight excluding hydrogens is 576 g/mol. The summed E-state index contributed by atoms with van der Waals surface area (Å²) in [7, 11) is 3.12. The van der Waals surface area contributed by atoms with Crippen molar-refractivity contribution in [1.82, 2.24) is 4.57 Å². The Morgan fingerprint density at radius 1 is 1.02 bits per heavy atom. The number of carbonyl (C=O) groups excluding carboxylic acids is 1. The minimum Gasteiger partial charge on any atom is -0.496 e. The summed E-state index contributed by atoms with van der Waals surface area (Å²) >= 11 is 7.22. The first-order valence-electron chi connectivity index (χ1n) is 13.2. The number of methoxy groups -OCH3 is 2. The summed E-state index contributed by atoms with van der Waals surface area (Å²) in [4.78, 5) is 32.2. The number of halogens is 1. The van der Waals surface area contributed by atoms with Crippen LogP contribution in [0.25, 0.3) is 6.08 Å². The molecule has 0 saturated carbocycles. The van der Waals surface area contributed by atoms with Crippen molar-refractivity contribution in [2.45, 2.75) is 26.5 Å². The molecule has 0 radical (unpaired) electrons. The van der Waals surface area contributed by atoms with E-state index in [-0.39, 0.29) is 12.2 Å². The summed E-state index contributed by atoms with van der Waals surface area (Å²) in [5.74, 6) is 1.12. The zero-order valence-corrected chi connectivity index (χ0v) is 25.1. The monoisotopic (exact) mass is 604 g/mol. The first-order valence-corrected chi connectivity index (χ1v) is 14.4. The minimum absolute atomic E-state index is 0.194. The maximum atomic E-state index is 13.9. The first kappa shape index (κ1) is 29.2. The van der Waals surface area contributed by atoms with E-state index >= 15 is 0 Å². The Labute approximate surface area is 251 Å². The van der Waals surface area contributed by atoms with E-state index in [4.69, 9.17) is 30.5 Å². The van der Waals surface area contributed by atoms with Crippen LogP contribution in [0.1, 0.15) is 36.6 Å². The fraction of sp³-hybridized carbons (Fsp3) is 0.219. The third kappa shape index (κ3) is 5.84. The van der Waals surface area contributed by atoms with Gasteiger partial charge in [0.25, 0.3) is 5.56 Å². The Bertz CT molecular complexity index is 1840. The highest BCUT2D eigenvalue weighted by Gasteiger charge is 2.34. The van der Waals surface area contributed by atoms with Crippen LogP contribution >= 0.6 is 22.9 Å². The second kappa shape index (κ2) is 12.7. The van der Waals surface area contributed by atoms with Crippen molar-refractivity contribution in [3.63, 3.8) is 0 Å². The Kier molecular flexibility index (Phi) is 8.80. The Hall–Kier alpha value is -4.34. The van der Waals surface area contributed by atoms with E-state index in [0.717, 1.165) is 11.1 Å². The van der Waals surface area contributed by atoms with Crippen LogP contribution in [0.3, 0.4) is 0 Å². The topological polar surface area (TPSA) is 88.4 Å². The summed E-state index contributed by atoms with van der Waals surface area (Å²) in [6.45, 7) is 4.03. The van der Waals surface area contributed by atoms with Crippen molar-refractivity contribution in [3.05, 3.63) is 119 Å². The lowest BCUT2D eigenvalue weighted by Gasteiger charge is -2.25. The summed E-state index contributed by atoms with van der Waals surface area (Å²) in [5, 5.41) is 0.660. The molecule has 0 unspecified atom stereocenters. The maximum Gasteiger partial charge on any atom is 0.338 e. The second-order valence-corrected chi connectivity index (χ2v) is 10.8. The summed E-state index contributed by atoms with van der Waals surface area (Å²) < 4.78 is 24.5. The highest BCUT2D eigenvalue weighted by Crippen LogP contribution is 2.35. The van der Waals surface area contributed by atoms with Gasteiger partial charge in [0.15, 0.2) is 16.3 Å². The number of nitrogens with zero attached hydrogens (tertiary/aromatic N) is 2. The minimum atomic E-state index is -0.767. The van der Waals surface area contributed by atoms with Crippen molar-refractivity contribution in [2.24, 2.45) is 4.99 Å². The van der Waals surface area contributed by atoms with Crippen molar-refractivity contribution in [1.29, 1.82) is 0 Å². The van der Waals surface area contributed by atoms with E-state index < -0.39 is 12.0 Å². The van der Waals surface area contributed by atoms with E-state index in [2.05, 4.69) is 4.99 Å². The molecule has 0 N–H and O–H groups in total. The second-order valence-electron chi connectivity index (χ2n) is 9.37. The normalized spacial score (nSPS) is 14.7. The third-order valence-electron chi connectivity index (χ3n) is 6.74. The average molecular weight is 605 g/mol. The van der Waals surface area contributed by atoms with Gasteiger partial charge in [-0.2, -0.15) is 0 Å². The van der Waals surface area contributed by atoms with Gasteiger partial charge in [0.05, 0.1) is 36.6 Å². The molecule has 5 rings (SSSR count). The molecule has 0 aliphatic carbocycles. The molecule has 1 atom stereocenters. The van der Waals surface area contributed by atoms with Gasteiger partial charge in [-0.05, 0) is 61.4 Å². The zero-order chi connectivity index (χ0) is 29.8. The van der Waals surface area contributed by atoms with E-state index in [0.29, 0.717) is 55.0 Å². The van der Waals surface area contributed by atoms with Crippen molar-refractivity contribution < 1.29 is 23.7 Å². The maximum absolute atomic E-state index is 13.9. The number of thiazole rings is 1. The van der Waals surface area contributed by atoms with Gasteiger partial charge >= 0.3 is 5.97 Å². The molecule has 8 nitrogen and oxygen atoms in total. The lowest BCUT2D eigenvalue weighted by atomic mass is 9.95.